The van der Waals surface area contributed by atoms with Crippen LogP contribution in [0.2, 0.25) is 0 Å². The normalized spacial score (nSPS) is 35.1. The average Bonchev–Trinajstić information content (AvgIpc) is 2.72. The van der Waals surface area contributed by atoms with E-state index in [0.29, 0.717) is 19.0 Å². The maximum absolute atomic E-state index is 11.4. The molecule has 0 aromatic carbocycles. The van der Waals surface area contributed by atoms with Crippen LogP contribution in [0.1, 0.15) is 19.3 Å². The third kappa shape index (κ3) is 1.76. The number of β-amino-alcohol motifs (C(OH)–C–C–N with tert-alkyl or cyclic N) is 1. The molecule has 0 spiro atoms. The van der Waals surface area contributed by atoms with E-state index in [1.165, 1.54) is 0 Å². The maximum Gasteiger partial charge on any atom is 0.237 e. The summed E-state index contributed by atoms with van der Waals surface area (Å²) in [5.41, 5.74) is 0. The van der Waals surface area contributed by atoms with Crippen LogP contribution in [0, 0.1) is 0 Å². The highest BCUT2D eigenvalue weighted by Crippen LogP contribution is 2.19. The van der Waals surface area contributed by atoms with Gasteiger partial charge in [-0.05, 0) is 19.3 Å². The molecule has 12 heavy (non-hydrogen) atoms. The molecule has 2 fully saturated rings. The van der Waals surface area contributed by atoms with Crippen LogP contribution in [0.15, 0.2) is 0 Å². The number of aliphatic hydroxyl groups excluding tert-OH is 1. The Kier molecular flexibility index (Phi) is 2.02. The number of nitrogens with one attached hydrogen (secondary N) is 2. The SMILES string of the molecule is O=C(NC1CC1)C1CC(O)CN1. The molecule has 0 bridgehead atoms. The van der Waals surface area contributed by atoms with E-state index in [4.69, 9.17) is 5.11 Å². The number of aliphatic hydroxyl groups is 1. The molecule has 2 aliphatic rings. The van der Waals surface area contributed by atoms with E-state index < -0.39 is 0 Å². The van der Waals surface area contributed by atoms with Gasteiger partial charge in [0.05, 0.1) is 12.1 Å². The van der Waals surface area contributed by atoms with Crippen LogP contribution in [0.4, 0.5) is 0 Å². The minimum atomic E-state index is -0.347. The second-order valence-corrected chi connectivity index (χ2v) is 3.63. The Morgan fingerprint density at radius 2 is 2.25 bits per heavy atom. The molecule has 0 aromatic heterocycles. The molecule has 1 aliphatic carbocycles. The first-order valence-electron chi connectivity index (χ1n) is 4.47. The monoisotopic (exact) mass is 170 g/mol. The summed E-state index contributed by atoms with van der Waals surface area (Å²) in [5, 5.41) is 15.0. The number of rotatable bonds is 2. The van der Waals surface area contributed by atoms with Gasteiger partial charge in [-0.1, -0.05) is 0 Å². The Labute approximate surface area is 71.3 Å². The molecule has 1 saturated carbocycles. The highest BCUT2D eigenvalue weighted by Gasteiger charge is 2.31. The lowest BCUT2D eigenvalue weighted by molar-refractivity contribution is -0.123. The van der Waals surface area contributed by atoms with Crippen molar-refractivity contribution in [1.29, 1.82) is 0 Å². The van der Waals surface area contributed by atoms with Crippen LogP contribution in [0.25, 0.3) is 0 Å². The standard InChI is InChI=1S/C8H14N2O2/c11-6-3-7(9-4-6)8(12)10-5-1-2-5/h5-7,9,11H,1-4H2,(H,10,12). The number of carbonyl (C=O) groups is 1. The summed E-state index contributed by atoms with van der Waals surface area (Å²) < 4.78 is 0. The van der Waals surface area contributed by atoms with Crippen molar-refractivity contribution in [3.05, 3.63) is 0 Å². The minimum absolute atomic E-state index is 0.0500. The molecule has 68 valence electrons. The largest absolute Gasteiger partial charge is 0.392 e. The molecule has 1 saturated heterocycles. The molecule has 0 aromatic rings. The Bertz CT molecular complexity index is 191. The van der Waals surface area contributed by atoms with Gasteiger partial charge < -0.3 is 15.7 Å². The molecule has 4 nitrogen and oxygen atoms in total. The average molecular weight is 170 g/mol. The van der Waals surface area contributed by atoms with E-state index in [1.54, 1.807) is 0 Å². The zero-order valence-electron chi connectivity index (χ0n) is 6.92. The smallest absolute Gasteiger partial charge is 0.237 e. The maximum atomic E-state index is 11.4. The Hall–Kier alpha value is -0.610. The molecule has 2 unspecified atom stereocenters. The van der Waals surface area contributed by atoms with Crippen LogP contribution in [0.3, 0.4) is 0 Å². The van der Waals surface area contributed by atoms with Crippen molar-refractivity contribution in [2.45, 2.75) is 37.5 Å². The van der Waals surface area contributed by atoms with E-state index in [1.807, 2.05) is 0 Å². The topological polar surface area (TPSA) is 61.4 Å². The van der Waals surface area contributed by atoms with Crippen LogP contribution in [-0.2, 0) is 4.79 Å². The van der Waals surface area contributed by atoms with Crippen molar-refractivity contribution < 1.29 is 9.90 Å². The molecular formula is C8H14N2O2. The summed E-state index contributed by atoms with van der Waals surface area (Å²) in [6, 6.07) is 0.248. The summed E-state index contributed by atoms with van der Waals surface area (Å²) >= 11 is 0. The van der Waals surface area contributed by atoms with E-state index in [9.17, 15) is 4.79 Å². The molecule has 1 heterocycles. The van der Waals surface area contributed by atoms with Gasteiger partial charge in [-0.15, -0.1) is 0 Å². The van der Waals surface area contributed by atoms with Crippen LogP contribution < -0.4 is 10.6 Å². The molecule has 2 atom stereocenters. The van der Waals surface area contributed by atoms with Crippen molar-refractivity contribution in [3.63, 3.8) is 0 Å². The summed E-state index contributed by atoms with van der Waals surface area (Å²) in [7, 11) is 0. The second kappa shape index (κ2) is 3.03. The van der Waals surface area contributed by atoms with Gasteiger partial charge >= 0.3 is 0 Å². The van der Waals surface area contributed by atoms with Gasteiger partial charge in [-0.3, -0.25) is 4.79 Å². The third-order valence-corrected chi connectivity index (χ3v) is 2.35. The third-order valence-electron chi connectivity index (χ3n) is 2.35. The fraction of sp³-hybridized carbons (Fsp3) is 0.875. The first-order chi connectivity index (χ1) is 5.75. The minimum Gasteiger partial charge on any atom is -0.392 e. The summed E-state index contributed by atoms with van der Waals surface area (Å²) in [6.45, 7) is 0.544. The van der Waals surface area contributed by atoms with Crippen molar-refractivity contribution in [2.75, 3.05) is 6.54 Å². The lowest BCUT2D eigenvalue weighted by Crippen LogP contribution is -2.41. The molecule has 0 radical (unpaired) electrons. The van der Waals surface area contributed by atoms with Crippen molar-refractivity contribution in [1.82, 2.24) is 10.6 Å². The van der Waals surface area contributed by atoms with Gasteiger partial charge in [-0.25, -0.2) is 0 Å². The van der Waals surface area contributed by atoms with E-state index in [2.05, 4.69) is 10.6 Å². The number of amides is 1. The van der Waals surface area contributed by atoms with Gasteiger partial charge in [0, 0.05) is 12.6 Å². The van der Waals surface area contributed by atoms with E-state index in [-0.39, 0.29) is 18.1 Å². The van der Waals surface area contributed by atoms with E-state index in [0.717, 1.165) is 12.8 Å². The summed E-state index contributed by atoms with van der Waals surface area (Å²) in [6.07, 6.45) is 2.43. The predicted molar refractivity (Wildman–Crippen MR) is 43.6 cm³/mol. The van der Waals surface area contributed by atoms with Crippen LogP contribution >= 0.6 is 0 Å². The Balaban J connectivity index is 1.79. The Morgan fingerprint density at radius 3 is 2.75 bits per heavy atom. The van der Waals surface area contributed by atoms with E-state index >= 15 is 0 Å². The number of hydrogen-bond donors (Lipinski definition) is 3. The lowest BCUT2D eigenvalue weighted by atomic mass is 10.2. The second-order valence-electron chi connectivity index (χ2n) is 3.63. The zero-order chi connectivity index (χ0) is 8.55. The molecule has 1 aliphatic heterocycles. The lowest BCUT2D eigenvalue weighted by Gasteiger charge is -2.09. The highest BCUT2D eigenvalue weighted by molar-refractivity contribution is 5.82. The van der Waals surface area contributed by atoms with Crippen molar-refractivity contribution in [3.8, 4) is 0 Å². The molecule has 4 heteroatoms. The zero-order valence-corrected chi connectivity index (χ0v) is 6.92. The van der Waals surface area contributed by atoms with Gasteiger partial charge in [0.1, 0.15) is 0 Å². The molecule has 1 amide bonds. The first-order valence-corrected chi connectivity index (χ1v) is 4.47. The number of hydrogen-bond acceptors (Lipinski definition) is 3. The van der Waals surface area contributed by atoms with Gasteiger partial charge in [-0.2, -0.15) is 0 Å². The first kappa shape index (κ1) is 8.01. The van der Waals surface area contributed by atoms with Crippen molar-refractivity contribution >= 4 is 5.91 Å². The number of carbonyl (C=O) groups excluding carboxylic acids is 1. The fourth-order valence-electron chi connectivity index (χ4n) is 1.45. The summed E-state index contributed by atoms with van der Waals surface area (Å²) in [5.74, 6) is 0.0500. The van der Waals surface area contributed by atoms with Gasteiger partial charge in [0.2, 0.25) is 5.91 Å². The predicted octanol–water partition coefficient (Wildman–Crippen LogP) is -1.01. The van der Waals surface area contributed by atoms with Crippen LogP contribution in [0.5, 0.6) is 0 Å². The summed E-state index contributed by atoms with van der Waals surface area (Å²) in [4.78, 5) is 11.4. The molecular weight excluding hydrogens is 156 g/mol. The van der Waals surface area contributed by atoms with Gasteiger partial charge in [0.25, 0.3) is 0 Å². The Morgan fingerprint density at radius 1 is 1.50 bits per heavy atom. The fourth-order valence-corrected chi connectivity index (χ4v) is 1.45. The van der Waals surface area contributed by atoms with Crippen LogP contribution in [-0.4, -0.2) is 35.7 Å². The molecule has 2 rings (SSSR count). The highest BCUT2D eigenvalue weighted by atomic mass is 16.3. The van der Waals surface area contributed by atoms with Crippen molar-refractivity contribution in [2.24, 2.45) is 0 Å². The quantitative estimate of drug-likeness (QED) is 0.497. The molecule has 3 N–H and O–H groups in total. The van der Waals surface area contributed by atoms with Gasteiger partial charge in [0.15, 0.2) is 0 Å².